The third kappa shape index (κ3) is 1.56. The minimum atomic E-state index is 0.0992. The molecule has 0 saturated heterocycles. The van der Waals surface area contributed by atoms with Gasteiger partial charge in [0.1, 0.15) is 12.0 Å². The zero-order chi connectivity index (χ0) is 9.26. The third-order valence-corrected chi connectivity index (χ3v) is 3.34. The van der Waals surface area contributed by atoms with Crippen LogP contribution in [0.15, 0.2) is 23.1 Å². The second kappa shape index (κ2) is 3.42. The van der Waals surface area contributed by atoms with Crippen molar-refractivity contribution in [3.63, 3.8) is 0 Å². The van der Waals surface area contributed by atoms with Gasteiger partial charge in [-0.2, -0.15) is 0 Å². The molecule has 1 heterocycles. The number of rotatable bonds is 2. The highest BCUT2D eigenvalue weighted by atomic mass is 32.2. The van der Waals surface area contributed by atoms with E-state index in [-0.39, 0.29) is 5.25 Å². The Kier molecular flexibility index (Phi) is 2.27. The third-order valence-electron chi connectivity index (χ3n) is 2.13. The number of ether oxygens (including phenoxy) is 1. The summed E-state index contributed by atoms with van der Waals surface area (Å²) in [6.07, 6.45) is 1.87. The topological polar surface area (TPSA) is 26.3 Å². The molecule has 0 radical (unpaired) electrons. The number of hydrogen-bond acceptors (Lipinski definition) is 3. The van der Waals surface area contributed by atoms with Crippen molar-refractivity contribution in [3.05, 3.63) is 23.8 Å². The number of fused-ring (bicyclic) bond motifs is 1. The molecule has 1 aliphatic rings. The molecule has 1 aromatic rings. The Morgan fingerprint density at radius 3 is 3.15 bits per heavy atom. The molecule has 2 nitrogen and oxygen atoms in total. The fourth-order valence-electron chi connectivity index (χ4n) is 1.44. The molecular formula is C10H10O2S. The Hall–Kier alpha value is -0.960. The van der Waals surface area contributed by atoms with E-state index in [0.717, 1.165) is 18.5 Å². The van der Waals surface area contributed by atoms with Crippen LogP contribution >= 0.6 is 11.8 Å². The average molecular weight is 194 g/mol. The second-order valence-electron chi connectivity index (χ2n) is 2.97. The number of hydrogen-bond donors (Lipinski definition) is 0. The number of thioether (sulfide) groups is 1. The van der Waals surface area contributed by atoms with Gasteiger partial charge in [-0.3, -0.25) is 0 Å². The first-order valence-corrected chi connectivity index (χ1v) is 5.00. The standard InChI is InChI=1S/C10H10O2S/c1-12-8-3-2-7-4-9(6-11)13-10(7)5-8/h2-3,5-6,9H,4H2,1H3. The predicted molar refractivity (Wildman–Crippen MR) is 52.4 cm³/mol. The van der Waals surface area contributed by atoms with Crippen LogP contribution in [0.2, 0.25) is 0 Å². The van der Waals surface area contributed by atoms with Crippen molar-refractivity contribution >= 4 is 18.0 Å². The molecule has 68 valence electrons. The lowest BCUT2D eigenvalue weighted by Gasteiger charge is -2.01. The van der Waals surface area contributed by atoms with Crippen molar-refractivity contribution in [1.82, 2.24) is 0 Å². The highest BCUT2D eigenvalue weighted by Gasteiger charge is 2.21. The molecule has 1 atom stereocenters. The molecule has 0 fully saturated rings. The van der Waals surface area contributed by atoms with Crippen molar-refractivity contribution in [2.45, 2.75) is 16.6 Å². The van der Waals surface area contributed by atoms with E-state index in [1.54, 1.807) is 18.9 Å². The van der Waals surface area contributed by atoms with E-state index < -0.39 is 0 Å². The summed E-state index contributed by atoms with van der Waals surface area (Å²) < 4.78 is 5.11. The molecule has 0 N–H and O–H groups in total. The van der Waals surface area contributed by atoms with Gasteiger partial charge in [0.15, 0.2) is 0 Å². The largest absolute Gasteiger partial charge is 0.497 e. The summed E-state index contributed by atoms with van der Waals surface area (Å²) in [4.78, 5) is 11.8. The maximum Gasteiger partial charge on any atom is 0.133 e. The van der Waals surface area contributed by atoms with Crippen LogP contribution in [0.3, 0.4) is 0 Å². The first-order chi connectivity index (χ1) is 6.33. The first-order valence-electron chi connectivity index (χ1n) is 4.12. The summed E-state index contributed by atoms with van der Waals surface area (Å²) in [5.41, 5.74) is 1.25. The fraction of sp³-hybridized carbons (Fsp3) is 0.300. The molecule has 13 heavy (non-hydrogen) atoms. The first kappa shape index (κ1) is 8.63. The van der Waals surface area contributed by atoms with Gasteiger partial charge >= 0.3 is 0 Å². The lowest BCUT2D eigenvalue weighted by atomic mass is 10.1. The van der Waals surface area contributed by atoms with E-state index >= 15 is 0 Å². The summed E-state index contributed by atoms with van der Waals surface area (Å²) in [5, 5.41) is 0.0992. The van der Waals surface area contributed by atoms with Crippen molar-refractivity contribution in [1.29, 1.82) is 0 Å². The monoisotopic (exact) mass is 194 g/mol. The van der Waals surface area contributed by atoms with Crippen LogP contribution in [0, 0.1) is 0 Å². The molecule has 1 unspecified atom stereocenters. The summed E-state index contributed by atoms with van der Waals surface area (Å²) in [6.45, 7) is 0. The van der Waals surface area contributed by atoms with E-state index in [1.165, 1.54) is 10.5 Å². The number of carbonyl (C=O) groups is 1. The van der Waals surface area contributed by atoms with Gasteiger partial charge in [0, 0.05) is 4.90 Å². The van der Waals surface area contributed by atoms with Gasteiger partial charge in [0.25, 0.3) is 0 Å². The Balaban J connectivity index is 2.30. The molecule has 0 aromatic heterocycles. The van der Waals surface area contributed by atoms with Gasteiger partial charge < -0.3 is 9.53 Å². The second-order valence-corrected chi connectivity index (χ2v) is 4.25. The number of benzene rings is 1. The maximum atomic E-state index is 10.6. The van der Waals surface area contributed by atoms with Crippen LogP contribution in [0.5, 0.6) is 5.75 Å². The van der Waals surface area contributed by atoms with Crippen molar-refractivity contribution in [2.75, 3.05) is 7.11 Å². The molecule has 1 aromatic carbocycles. The Bertz CT molecular complexity index is 336. The van der Waals surface area contributed by atoms with Gasteiger partial charge in [-0.25, -0.2) is 0 Å². The van der Waals surface area contributed by atoms with Crippen LogP contribution in [0.25, 0.3) is 0 Å². The van der Waals surface area contributed by atoms with Crippen LogP contribution in [-0.4, -0.2) is 18.6 Å². The van der Waals surface area contributed by atoms with Crippen molar-refractivity contribution in [2.24, 2.45) is 0 Å². The predicted octanol–water partition coefficient (Wildman–Crippen LogP) is 1.91. The quantitative estimate of drug-likeness (QED) is 0.673. The van der Waals surface area contributed by atoms with Gasteiger partial charge in [0.05, 0.1) is 12.4 Å². The molecule has 0 aliphatic carbocycles. The number of carbonyl (C=O) groups excluding carboxylic acids is 1. The smallest absolute Gasteiger partial charge is 0.133 e. The summed E-state index contributed by atoms with van der Waals surface area (Å²) in [6, 6.07) is 5.96. The van der Waals surface area contributed by atoms with Crippen LogP contribution < -0.4 is 4.74 Å². The average Bonchev–Trinajstić information content (AvgIpc) is 2.58. The fourth-order valence-corrected chi connectivity index (χ4v) is 2.57. The van der Waals surface area contributed by atoms with E-state index in [0.29, 0.717) is 0 Å². The van der Waals surface area contributed by atoms with Crippen molar-refractivity contribution < 1.29 is 9.53 Å². The van der Waals surface area contributed by atoms with Crippen LogP contribution in [0.1, 0.15) is 5.56 Å². The zero-order valence-corrected chi connectivity index (χ0v) is 8.14. The maximum absolute atomic E-state index is 10.6. The molecule has 1 aliphatic heterocycles. The van der Waals surface area contributed by atoms with Gasteiger partial charge in [-0.15, -0.1) is 11.8 Å². The van der Waals surface area contributed by atoms with Crippen LogP contribution in [0.4, 0.5) is 0 Å². The van der Waals surface area contributed by atoms with E-state index in [9.17, 15) is 4.79 Å². The van der Waals surface area contributed by atoms with Gasteiger partial charge in [-0.1, -0.05) is 6.07 Å². The summed E-state index contributed by atoms with van der Waals surface area (Å²) in [5.74, 6) is 0.859. The minimum Gasteiger partial charge on any atom is -0.497 e. The SMILES string of the molecule is COc1ccc2c(c1)SC(C=O)C2. The van der Waals surface area contributed by atoms with E-state index in [1.807, 2.05) is 18.2 Å². The zero-order valence-electron chi connectivity index (χ0n) is 7.32. The molecule has 0 amide bonds. The number of aldehydes is 1. The Morgan fingerprint density at radius 1 is 1.62 bits per heavy atom. The highest BCUT2D eigenvalue weighted by Crippen LogP contribution is 2.37. The lowest BCUT2D eigenvalue weighted by molar-refractivity contribution is -0.107. The number of methoxy groups -OCH3 is 1. The Morgan fingerprint density at radius 2 is 2.46 bits per heavy atom. The van der Waals surface area contributed by atoms with E-state index in [4.69, 9.17) is 4.74 Å². The normalized spacial score (nSPS) is 19.6. The molecule has 3 heteroatoms. The molecule has 0 spiro atoms. The summed E-state index contributed by atoms with van der Waals surface area (Å²) >= 11 is 1.62. The van der Waals surface area contributed by atoms with Gasteiger partial charge in [-0.05, 0) is 24.1 Å². The summed E-state index contributed by atoms with van der Waals surface area (Å²) in [7, 11) is 1.65. The van der Waals surface area contributed by atoms with Crippen LogP contribution in [-0.2, 0) is 11.2 Å². The van der Waals surface area contributed by atoms with Gasteiger partial charge in [0.2, 0.25) is 0 Å². The Labute approximate surface area is 81.3 Å². The molecule has 2 rings (SSSR count). The van der Waals surface area contributed by atoms with E-state index in [2.05, 4.69) is 0 Å². The lowest BCUT2D eigenvalue weighted by Crippen LogP contribution is -2.00. The molecule has 0 bridgehead atoms. The molecule has 0 saturated carbocycles. The minimum absolute atomic E-state index is 0.0992. The molecular weight excluding hydrogens is 184 g/mol. The van der Waals surface area contributed by atoms with Crippen molar-refractivity contribution in [3.8, 4) is 5.75 Å². The highest BCUT2D eigenvalue weighted by molar-refractivity contribution is 8.00.